The second kappa shape index (κ2) is 4.93. The maximum absolute atomic E-state index is 13.2. The summed E-state index contributed by atoms with van der Waals surface area (Å²) in [7, 11) is 0. The molecule has 0 spiro atoms. The first kappa shape index (κ1) is 13.4. The van der Waals surface area contributed by atoms with Gasteiger partial charge in [-0.05, 0) is 18.9 Å². The Kier molecular flexibility index (Phi) is 3.48. The largest absolute Gasteiger partial charge is 0.329 e. The lowest BCUT2D eigenvalue weighted by Crippen LogP contribution is -2.47. The molecule has 7 heteroatoms. The number of carbonyl (C=O) groups is 1. The first-order valence-corrected chi connectivity index (χ1v) is 5.93. The summed E-state index contributed by atoms with van der Waals surface area (Å²) in [5, 5.41) is 13.1. The molecule has 1 aliphatic carbocycles. The van der Waals surface area contributed by atoms with Crippen molar-refractivity contribution in [2.45, 2.75) is 19.3 Å². The van der Waals surface area contributed by atoms with Gasteiger partial charge in [-0.1, -0.05) is 6.42 Å². The Morgan fingerprint density at radius 3 is 2.63 bits per heavy atom. The number of nitrogens with two attached hydrogens (primary N) is 1. The molecule has 1 aliphatic rings. The SMILES string of the molecule is NCC1(C(=O)Nc2cc(F)cc([N+](=O)[O-])c2)CCC1. The highest BCUT2D eigenvalue weighted by Crippen LogP contribution is 2.41. The van der Waals surface area contributed by atoms with E-state index < -0.39 is 21.8 Å². The van der Waals surface area contributed by atoms with Crippen molar-refractivity contribution in [2.75, 3.05) is 11.9 Å². The van der Waals surface area contributed by atoms with Crippen LogP contribution in [0.15, 0.2) is 18.2 Å². The highest BCUT2D eigenvalue weighted by atomic mass is 19.1. The Balaban J connectivity index is 2.19. The van der Waals surface area contributed by atoms with Crippen LogP contribution in [-0.2, 0) is 4.79 Å². The molecule has 1 amide bonds. The zero-order chi connectivity index (χ0) is 14.0. The minimum atomic E-state index is -0.764. The summed E-state index contributed by atoms with van der Waals surface area (Å²) in [5.74, 6) is -1.07. The number of nitrogens with one attached hydrogen (secondary N) is 1. The molecule has 0 saturated heterocycles. The molecule has 0 unspecified atom stereocenters. The molecule has 0 bridgehead atoms. The van der Waals surface area contributed by atoms with E-state index in [0.29, 0.717) is 12.8 Å². The lowest BCUT2D eigenvalue weighted by Gasteiger charge is -2.39. The number of hydrogen-bond acceptors (Lipinski definition) is 4. The molecule has 1 aromatic rings. The average molecular weight is 267 g/mol. The number of halogens is 1. The van der Waals surface area contributed by atoms with E-state index in [1.165, 1.54) is 0 Å². The lowest BCUT2D eigenvalue weighted by atomic mass is 9.68. The normalized spacial score (nSPS) is 16.5. The number of anilines is 1. The summed E-state index contributed by atoms with van der Waals surface area (Å²) < 4.78 is 13.2. The fraction of sp³-hybridized carbons (Fsp3) is 0.417. The van der Waals surface area contributed by atoms with Crippen molar-refractivity contribution in [3.63, 3.8) is 0 Å². The standard InChI is InChI=1S/C12H14FN3O3/c13-8-4-9(6-10(5-8)16(18)19)15-11(17)12(7-14)2-1-3-12/h4-6H,1-3,7,14H2,(H,15,17). The van der Waals surface area contributed by atoms with Gasteiger partial charge in [0.05, 0.1) is 22.1 Å². The van der Waals surface area contributed by atoms with E-state index in [0.717, 1.165) is 24.6 Å². The molecule has 2 rings (SSSR count). The van der Waals surface area contributed by atoms with Crippen LogP contribution in [0, 0.1) is 21.3 Å². The van der Waals surface area contributed by atoms with Gasteiger partial charge in [0.2, 0.25) is 5.91 Å². The lowest BCUT2D eigenvalue weighted by molar-refractivity contribution is -0.385. The van der Waals surface area contributed by atoms with Crippen LogP contribution in [0.3, 0.4) is 0 Å². The Bertz CT molecular complexity index is 523. The third kappa shape index (κ3) is 2.55. The van der Waals surface area contributed by atoms with Gasteiger partial charge < -0.3 is 11.1 Å². The van der Waals surface area contributed by atoms with Crippen LogP contribution < -0.4 is 11.1 Å². The monoisotopic (exact) mass is 267 g/mol. The molecule has 0 atom stereocenters. The number of amides is 1. The van der Waals surface area contributed by atoms with Crippen molar-refractivity contribution in [1.29, 1.82) is 0 Å². The van der Waals surface area contributed by atoms with Crippen LogP contribution in [0.4, 0.5) is 15.8 Å². The van der Waals surface area contributed by atoms with Crippen LogP contribution in [0.5, 0.6) is 0 Å². The number of non-ortho nitro benzene ring substituents is 1. The van der Waals surface area contributed by atoms with E-state index in [4.69, 9.17) is 5.73 Å². The first-order valence-electron chi connectivity index (χ1n) is 5.93. The predicted molar refractivity (Wildman–Crippen MR) is 67.0 cm³/mol. The van der Waals surface area contributed by atoms with E-state index >= 15 is 0 Å². The zero-order valence-corrected chi connectivity index (χ0v) is 10.2. The van der Waals surface area contributed by atoms with Gasteiger partial charge in [0, 0.05) is 12.6 Å². The van der Waals surface area contributed by atoms with Gasteiger partial charge in [-0.3, -0.25) is 14.9 Å². The molecule has 3 N–H and O–H groups in total. The summed E-state index contributed by atoms with van der Waals surface area (Å²) in [5.41, 5.74) is 4.66. The number of hydrogen-bond donors (Lipinski definition) is 2. The molecule has 1 aromatic carbocycles. The van der Waals surface area contributed by atoms with Gasteiger partial charge in [-0.25, -0.2) is 4.39 Å². The maximum Gasteiger partial charge on any atom is 0.274 e. The molecule has 102 valence electrons. The maximum atomic E-state index is 13.2. The number of nitrogens with zero attached hydrogens (tertiary/aromatic N) is 1. The zero-order valence-electron chi connectivity index (χ0n) is 10.2. The van der Waals surface area contributed by atoms with Crippen LogP contribution in [-0.4, -0.2) is 17.4 Å². The van der Waals surface area contributed by atoms with Gasteiger partial charge in [0.1, 0.15) is 5.82 Å². The van der Waals surface area contributed by atoms with Gasteiger partial charge in [0.25, 0.3) is 5.69 Å². The molecule has 6 nitrogen and oxygen atoms in total. The minimum Gasteiger partial charge on any atom is -0.329 e. The number of nitro groups is 1. The van der Waals surface area contributed by atoms with Crippen molar-refractivity contribution in [3.05, 3.63) is 34.1 Å². The van der Waals surface area contributed by atoms with Crippen molar-refractivity contribution < 1.29 is 14.1 Å². The van der Waals surface area contributed by atoms with Gasteiger partial charge in [0.15, 0.2) is 0 Å². The van der Waals surface area contributed by atoms with Crippen LogP contribution >= 0.6 is 0 Å². The third-order valence-corrected chi connectivity index (χ3v) is 3.53. The summed E-state index contributed by atoms with van der Waals surface area (Å²) >= 11 is 0. The van der Waals surface area contributed by atoms with Crippen LogP contribution in [0.1, 0.15) is 19.3 Å². The number of rotatable bonds is 4. The average Bonchev–Trinajstić information content (AvgIpc) is 2.27. The topological polar surface area (TPSA) is 98.3 Å². The molecule has 19 heavy (non-hydrogen) atoms. The highest BCUT2D eigenvalue weighted by Gasteiger charge is 2.42. The smallest absolute Gasteiger partial charge is 0.274 e. The summed E-state index contributed by atoms with van der Waals surface area (Å²) in [6.45, 7) is 0.218. The molecule has 0 aliphatic heterocycles. The Morgan fingerprint density at radius 2 is 2.16 bits per heavy atom. The highest BCUT2D eigenvalue weighted by molar-refractivity contribution is 5.96. The first-order chi connectivity index (χ1) is 8.97. The van der Waals surface area contributed by atoms with E-state index in [1.807, 2.05) is 0 Å². The number of carbonyl (C=O) groups excluding carboxylic acids is 1. The van der Waals surface area contributed by atoms with Gasteiger partial charge >= 0.3 is 0 Å². The quantitative estimate of drug-likeness (QED) is 0.642. The van der Waals surface area contributed by atoms with Crippen molar-refractivity contribution in [2.24, 2.45) is 11.1 Å². The molecular weight excluding hydrogens is 253 g/mol. The molecule has 0 radical (unpaired) electrons. The Hall–Kier alpha value is -2.02. The van der Waals surface area contributed by atoms with E-state index in [9.17, 15) is 19.3 Å². The number of benzene rings is 1. The fourth-order valence-electron chi connectivity index (χ4n) is 2.14. The summed E-state index contributed by atoms with van der Waals surface area (Å²) in [4.78, 5) is 22.0. The minimum absolute atomic E-state index is 0.0800. The van der Waals surface area contributed by atoms with Crippen LogP contribution in [0.2, 0.25) is 0 Å². The molecule has 1 fully saturated rings. The Morgan fingerprint density at radius 1 is 1.47 bits per heavy atom. The summed E-state index contributed by atoms with van der Waals surface area (Å²) in [6, 6.07) is 2.98. The second-order valence-corrected chi connectivity index (χ2v) is 4.75. The van der Waals surface area contributed by atoms with Crippen LogP contribution in [0.25, 0.3) is 0 Å². The molecule has 0 heterocycles. The van der Waals surface area contributed by atoms with E-state index in [2.05, 4.69) is 5.32 Å². The molecular formula is C12H14FN3O3. The van der Waals surface area contributed by atoms with Crippen molar-refractivity contribution in [1.82, 2.24) is 0 Å². The molecule has 0 aromatic heterocycles. The molecule has 1 saturated carbocycles. The predicted octanol–water partition coefficient (Wildman–Crippen LogP) is 1.80. The fourth-order valence-corrected chi connectivity index (χ4v) is 2.14. The summed E-state index contributed by atoms with van der Waals surface area (Å²) in [6.07, 6.45) is 2.30. The van der Waals surface area contributed by atoms with E-state index in [1.54, 1.807) is 0 Å². The number of nitro benzene ring substituents is 1. The van der Waals surface area contributed by atoms with Gasteiger partial charge in [-0.15, -0.1) is 0 Å². The van der Waals surface area contributed by atoms with Crippen molar-refractivity contribution in [3.8, 4) is 0 Å². The van der Waals surface area contributed by atoms with E-state index in [-0.39, 0.29) is 18.1 Å². The second-order valence-electron chi connectivity index (χ2n) is 4.75. The Labute approximate surface area is 108 Å². The van der Waals surface area contributed by atoms with Crippen molar-refractivity contribution >= 4 is 17.3 Å². The van der Waals surface area contributed by atoms with Gasteiger partial charge in [-0.2, -0.15) is 0 Å². The third-order valence-electron chi connectivity index (χ3n) is 3.53.